The quantitative estimate of drug-likeness (QED) is 0.654. The topological polar surface area (TPSA) is 61.4 Å². The summed E-state index contributed by atoms with van der Waals surface area (Å²) in [5, 5.41) is 14.9. The molecular weight excluding hydrogens is 240 g/mol. The lowest BCUT2D eigenvalue weighted by molar-refractivity contribution is 0.0952. The number of aliphatic hydroxyl groups excluding tert-OH is 1. The van der Waals surface area contributed by atoms with Crippen molar-refractivity contribution in [3.63, 3.8) is 0 Å². The highest BCUT2D eigenvalue weighted by Gasteiger charge is 2.12. The van der Waals surface area contributed by atoms with Gasteiger partial charge in [-0.2, -0.15) is 0 Å². The second-order valence-corrected chi connectivity index (χ2v) is 4.98. The molecule has 0 radical (unpaired) electrons. The van der Waals surface area contributed by atoms with Gasteiger partial charge in [0.1, 0.15) is 0 Å². The van der Waals surface area contributed by atoms with Crippen LogP contribution in [0.4, 0.5) is 0 Å². The molecule has 1 aromatic carbocycles. The summed E-state index contributed by atoms with van der Waals surface area (Å²) in [7, 11) is 0. The molecule has 3 N–H and O–H groups in total. The second-order valence-electron chi connectivity index (χ2n) is 4.98. The molecule has 0 aromatic heterocycles. The summed E-state index contributed by atoms with van der Waals surface area (Å²) in [5.74, 6) is 0.0110. The molecule has 0 unspecified atom stereocenters. The van der Waals surface area contributed by atoms with Crippen LogP contribution in [0.15, 0.2) is 18.2 Å². The van der Waals surface area contributed by atoms with Crippen LogP contribution in [0.25, 0.3) is 0 Å². The Labute approximate surface area is 114 Å². The van der Waals surface area contributed by atoms with Gasteiger partial charge in [-0.3, -0.25) is 4.79 Å². The van der Waals surface area contributed by atoms with E-state index in [1.807, 2.05) is 18.2 Å². The van der Waals surface area contributed by atoms with E-state index in [4.69, 9.17) is 5.11 Å². The molecule has 0 saturated carbocycles. The minimum atomic E-state index is 0.0110. The molecule has 0 saturated heterocycles. The van der Waals surface area contributed by atoms with Crippen LogP contribution in [0, 0.1) is 0 Å². The maximum Gasteiger partial charge on any atom is 0.251 e. The molecule has 4 nitrogen and oxygen atoms in total. The van der Waals surface area contributed by atoms with E-state index in [2.05, 4.69) is 10.6 Å². The van der Waals surface area contributed by atoms with Gasteiger partial charge in [-0.1, -0.05) is 18.9 Å². The van der Waals surface area contributed by atoms with Crippen LogP contribution >= 0.6 is 0 Å². The predicted molar refractivity (Wildman–Crippen MR) is 74.9 cm³/mol. The van der Waals surface area contributed by atoms with Crippen molar-refractivity contribution < 1.29 is 9.90 Å². The van der Waals surface area contributed by atoms with E-state index in [9.17, 15) is 4.79 Å². The predicted octanol–water partition coefficient (Wildman–Crippen LogP) is 1.57. The van der Waals surface area contributed by atoms with Gasteiger partial charge in [-0.05, 0) is 36.1 Å². The molecule has 19 heavy (non-hydrogen) atoms. The van der Waals surface area contributed by atoms with Crippen LogP contribution in [0.2, 0.25) is 0 Å². The van der Waals surface area contributed by atoms with Gasteiger partial charge < -0.3 is 15.7 Å². The SMILES string of the molecule is O=C(NCCCCCCO)c1ccc2c(c1)CNC2. The van der Waals surface area contributed by atoms with Crippen LogP contribution in [0.1, 0.15) is 47.2 Å². The second kappa shape index (κ2) is 7.26. The van der Waals surface area contributed by atoms with E-state index in [1.165, 1.54) is 11.1 Å². The van der Waals surface area contributed by atoms with Crippen LogP contribution in [0.5, 0.6) is 0 Å². The third-order valence-corrected chi connectivity index (χ3v) is 3.47. The standard InChI is InChI=1S/C15H22N2O2/c18-8-4-2-1-3-7-17-15(19)12-5-6-13-10-16-11-14(13)9-12/h5-6,9,16,18H,1-4,7-8,10-11H2,(H,17,19). The van der Waals surface area contributed by atoms with Gasteiger partial charge >= 0.3 is 0 Å². The Morgan fingerprint density at radius 3 is 2.79 bits per heavy atom. The fourth-order valence-corrected chi connectivity index (χ4v) is 2.33. The van der Waals surface area contributed by atoms with Crippen molar-refractivity contribution >= 4 is 5.91 Å². The molecule has 1 amide bonds. The Morgan fingerprint density at radius 1 is 1.16 bits per heavy atom. The van der Waals surface area contributed by atoms with Crippen molar-refractivity contribution in [2.45, 2.75) is 38.8 Å². The van der Waals surface area contributed by atoms with Crippen molar-refractivity contribution in [2.24, 2.45) is 0 Å². The van der Waals surface area contributed by atoms with E-state index in [-0.39, 0.29) is 12.5 Å². The highest BCUT2D eigenvalue weighted by atomic mass is 16.2. The molecule has 4 heteroatoms. The van der Waals surface area contributed by atoms with Crippen molar-refractivity contribution in [3.8, 4) is 0 Å². The number of benzene rings is 1. The number of amides is 1. The van der Waals surface area contributed by atoms with Crippen molar-refractivity contribution in [1.82, 2.24) is 10.6 Å². The lowest BCUT2D eigenvalue weighted by Gasteiger charge is -2.06. The summed E-state index contributed by atoms with van der Waals surface area (Å²) < 4.78 is 0. The summed E-state index contributed by atoms with van der Waals surface area (Å²) in [6, 6.07) is 5.91. The molecule has 1 aromatic rings. The first-order chi connectivity index (χ1) is 9.31. The number of unbranched alkanes of at least 4 members (excludes halogenated alkanes) is 3. The van der Waals surface area contributed by atoms with Crippen LogP contribution in [-0.4, -0.2) is 24.2 Å². The van der Waals surface area contributed by atoms with E-state index in [0.29, 0.717) is 6.54 Å². The van der Waals surface area contributed by atoms with Gasteiger partial charge in [0, 0.05) is 31.8 Å². The smallest absolute Gasteiger partial charge is 0.251 e. The lowest BCUT2D eigenvalue weighted by Crippen LogP contribution is -2.24. The fraction of sp³-hybridized carbons (Fsp3) is 0.533. The number of aliphatic hydroxyl groups is 1. The maximum atomic E-state index is 12.0. The van der Waals surface area contributed by atoms with Crippen molar-refractivity contribution in [3.05, 3.63) is 34.9 Å². The Kier molecular flexibility index (Phi) is 5.36. The van der Waals surface area contributed by atoms with Gasteiger partial charge in [-0.15, -0.1) is 0 Å². The summed E-state index contributed by atoms with van der Waals surface area (Å²) in [6.07, 6.45) is 3.90. The first kappa shape index (κ1) is 14.0. The number of hydrogen-bond donors (Lipinski definition) is 3. The zero-order valence-electron chi connectivity index (χ0n) is 11.2. The third-order valence-electron chi connectivity index (χ3n) is 3.47. The first-order valence-electron chi connectivity index (χ1n) is 7.03. The number of nitrogens with one attached hydrogen (secondary N) is 2. The van der Waals surface area contributed by atoms with Gasteiger partial charge in [0.2, 0.25) is 0 Å². The third kappa shape index (κ3) is 4.04. The molecule has 0 atom stereocenters. The molecule has 0 fully saturated rings. The normalized spacial score (nSPS) is 13.3. The molecule has 0 aliphatic carbocycles. The lowest BCUT2D eigenvalue weighted by atomic mass is 10.1. The average Bonchev–Trinajstić information content (AvgIpc) is 2.89. The van der Waals surface area contributed by atoms with E-state index in [1.54, 1.807) is 0 Å². The fourth-order valence-electron chi connectivity index (χ4n) is 2.33. The van der Waals surface area contributed by atoms with Crippen molar-refractivity contribution in [1.29, 1.82) is 0 Å². The molecule has 104 valence electrons. The summed E-state index contributed by atoms with van der Waals surface area (Å²) >= 11 is 0. The van der Waals surface area contributed by atoms with Crippen LogP contribution in [0.3, 0.4) is 0 Å². The van der Waals surface area contributed by atoms with Gasteiger partial charge in [0.15, 0.2) is 0 Å². The van der Waals surface area contributed by atoms with Gasteiger partial charge in [0.05, 0.1) is 0 Å². The summed E-state index contributed by atoms with van der Waals surface area (Å²) in [4.78, 5) is 12.0. The van der Waals surface area contributed by atoms with E-state index in [0.717, 1.165) is 44.3 Å². The number of rotatable bonds is 7. The zero-order chi connectivity index (χ0) is 13.5. The number of carbonyl (C=O) groups excluding carboxylic acids is 1. The van der Waals surface area contributed by atoms with Crippen LogP contribution in [-0.2, 0) is 13.1 Å². The van der Waals surface area contributed by atoms with E-state index >= 15 is 0 Å². The Morgan fingerprint density at radius 2 is 1.95 bits per heavy atom. The average molecular weight is 262 g/mol. The number of fused-ring (bicyclic) bond motifs is 1. The minimum Gasteiger partial charge on any atom is -0.396 e. The highest BCUT2D eigenvalue weighted by molar-refractivity contribution is 5.94. The highest BCUT2D eigenvalue weighted by Crippen LogP contribution is 2.16. The van der Waals surface area contributed by atoms with Crippen LogP contribution < -0.4 is 10.6 Å². The van der Waals surface area contributed by atoms with Gasteiger partial charge in [-0.25, -0.2) is 0 Å². The van der Waals surface area contributed by atoms with Crippen molar-refractivity contribution in [2.75, 3.05) is 13.2 Å². The number of carbonyl (C=O) groups is 1. The summed E-state index contributed by atoms with van der Waals surface area (Å²) in [5.41, 5.74) is 3.27. The maximum absolute atomic E-state index is 12.0. The largest absolute Gasteiger partial charge is 0.396 e. The Bertz CT molecular complexity index is 432. The minimum absolute atomic E-state index is 0.0110. The Hall–Kier alpha value is -1.39. The Balaban J connectivity index is 1.74. The van der Waals surface area contributed by atoms with Gasteiger partial charge in [0.25, 0.3) is 5.91 Å². The molecule has 2 rings (SSSR count). The zero-order valence-corrected chi connectivity index (χ0v) is 11.2. The molecule has 1 aliphatic heterocycles. The molecule has 0 bridgehead atoms. The monoisotopic (exact) mass is 262 g/mol. The summed E-state index contributed by atoms with van der Waals surface area (Å²) in [6.45, 7) is 2.73. The molecule has 1 aliphatic rings. The molecule has 0 spiro atoms. The molecular formula is C15H22N2O2. The number of hydrogen-bond acceptors (Lipinski definition) is 3. The first-order valence-corrected chi connectivity index (χ1v) is 7.03. The molecule has 1 heterocycles. The van der Waals surface area contributed by atoms with E-state index < -0.39 is 0 Å².